The van der Waals surface area contributed by atoms with E-state index in [1.807, 2.05) is 0 Å². The lowest BCUT2D eigenvalue weighted by Crippen LogP contribution is -2.55. The molecule has 1 fully saturated rings. The summed E-state index contributed by atoms with van der Waals surface area (Å²) in [5.74, 6) is -0.352. The van der Waals surface area contributed by atoms with Crippen molar-refractivity contribution in [1.29, 1.82) is 0 Å². The zero-order valence-electron chi connectivity index (χ0n) is 11.2. The molecule has 1 saturated heterocycles. The second-order valence-corrected chi connectivity index (χ2v) is 5.16. The van der Waals surface area contributed by atoms with Crippen LogP contribution in [0, 0.1) is 0 Å². The van der Waals surface area contributed by atoms with Crippen LogP contribution in [-0.2, 0) is 14.3 Å². The Morgan fingerprint density at radius 2 is 2.17 bits per heavy atom. The molecule has 0 radical (unpaired) electrons. The largest absolute Gasteiger partial charge is 0.390 e. The van der Waals surface area contributed by atoms with E-state index in [0.29, 0.717) is 26.1 Å². The molecule has 1 heterocycles. The van der Waals surface area contributed by atoms with E-state index in [1.54, 1.807) is 13.8 Å². The number of ether oxygens (including phenoxy) is 1. The van der Waals surface area contributed by atoms with Crippen molar-refractivity contribution >= 4 is 11.8 Å². The molecule has 0 spiro atoms. The lowest BCUT2D eigenvalue weighted by molar-refractivity contribution is -0.147. The van der Waals surface area contributed by atoms with Gasteiger partial charge < -0.3 is 20.1 Å². The molecule has 1 rings (SSSR count). The van der Waals surface area contributed by atoms with Crippen molar-refractivity contribution in [2.24, 2.45) is 0 Å². The van der Waals surface area contributed by atoms with Gasteiger partial charge in [0, 0.05) is 20.0 Å². The number of aliphatic hydroxyl groups is 1. The summed E-state index contributed by atoms with van der Waals surface area (Å²) in [6.45, 7) is 6.34. The maximum Gasteiger partial charge on any atom is 0.245 e. The number of rotatable bonds is 4. The molecule has 2 amide bonds. The Bertz CT molecular complexity index is 312. The van der Waals surface area contributed by atoms with E-state index in [1.165, 1.54) is 11.8 Å². The lowest BCUT2D eigenvalue weighted by Gasteiger charge is -2.33. The number of carbonyl (C=O) groups excluding carboxylic acids is 2. The molecule has 1 aliphatic heterocycles. The highest BCUT2D eigenvalue weighted by Crippen LogP contribution is 2.09. The molecule has 0 aromatic carbocycles. The summed E-state index contributed by atoms with van der Waals surface area (Å²) in [4.78, 5) is 24.8. The summed E-state index contributed by atoms with van der Waals surface area (Å²) in [5.41, 5.74) is -0.809. The number of nitrogens with one attached hydrogen (secondary N) is 1. The van der Waals surface area contributed by atoms with E-state index in [-0.39, 0.29) is 18.4 Å². The van der Waals surface area contributed by atoms with Gasteiger partial charge in [0.15, 0.2) is 0 Å². The number of nitrogens with zero attached hydrogens (tertiary/aromatic N) is 1. The Labute approximate surface area is 107 Å². The average Bonchev–Trinajstić information content (AvgIpc) is 2.27. The highest BCUT2D eigenvalue weighted by molar-refractivity contribution is 5.87. The number of hydrogen-bond acceptors (Lipinski definition) is 4. The van der Waals surface area contributed by atoms with Gasteiger partial charge in [0.05, 0.1) is 18.8 Å². The number of amides is 2. The Kier molecular flexibility index (Phi) is 5.10. The fourth-order valence-electron chi connectivity index (χ4n) is 1.81. The monoisotopic (exact) mass is 258 g/mol. The van der Waals surface area contributed by atoms with Crippen molar-refractivity contribution in [1.82, 2.24) is 10.2 Å². The molecule has 6 nitrogen and oxygen atoms in total. The third kappa shape index (κ3) is 4.62. The molecule has 1 unspecified atom stereocenters. The van der Waals surface area contributed by atoms with E-state index in [0.717, 1.165) is 0 Å². The zero-order chi connectivity index (χ0) is 13.8. The highest BCUT2D eigenvalue weighted by atomic mass is 16.5. The second-order valence-electron chi connectivity index (χ2n) is 5.16. The fraction of sp³-hybridized carbons (Fsp3) is 0.833. The molecule has 104 valence electrons. The van der Waals surface area contributed by atoms with E-state index in [9.17, 15) is 14.7 Å². The smallest absolute Gasteiger partial charge is 0.245 e. The standard InChI is InChI=1S/C12H22N2O4/c1-9(15)14-6-7-18-8-10(14)11(16)13-5-4-12(2,3)17/h10,17H,4-8H2,1-3H3,(H,13,16). The maximum absolute atomic E-state index is 11.9. The summed E-state index contributed by atoms with van der Waals surface area (Å²) in [6.07, 6.45) is 0.465. The fourth-order valence-corrected chi connectivity index (χ4v) is 1.81. The van der Waals surface area contributed by atoms with Crippen LogP contribution in [0.3, 0.4) is 0 Å². The summed E-state index contributed by atoms with van der Waals surface area (Å²) in [6, 6.07) is -0.557. The Hall–Kier alpha value is -1.14. The molecular weight excluding hydrogens is 236 g/mol. The minimum atomic E-state index is -0.809. The predicted octanol–water partition coefficient (Wildman–Crippen LogP) is -0.489. The van der Waals surface area contributed by atoms with Gasteiger partial charge in [-0.1, -0.05) is 0 Å². The quantitative estimate of drug-likeness (QED) is 0.713. The number of hydrogen-bond donors (Lipinski definition) is 2. The molecule has 18 heavy (non-hydrogen) atoms. The number of morpholine rings is 1. The average molecular weight is 258 g/mol. The highest BCUT2D eigenvalue weighted by Gasteiger charge is 2.31. The van der Waals surface area contributed by atoms with E-state index in [4.69, 9.17) is 4.74 Å². The van der Waals surface area contributed by atoms with Gasteiger partial charge in [-0.25, -0.2) is 0 Å². The van der Waals surface area contributed by atoms with Crippen molar-refractivity contribution < 1.29 is 19.4 Å². The first-order valence-corrected chi connectivity index (χ1v) is 6.16. The molecule has 1 atom stereocenters. The molecular formula is C12H22N2O4. The van der Waals surface area contributed by atoms with Crippen LogP contribution in [0.4, 0.5) is 0 Å². The van der Waals surface area contributed by atoms with Crippen LogP contribution in [0.25, 0.3) is 0 Å². The van der Waals surface area contributed by atoms with Gasteiger partial charge in [-0.05, 0) is 20.3 Å². The molecule has 0 aromatic heterocycles. The van der Waals surface area contributed by atoms with Crippen LogP contribution in [0.1, 0.15) is 27.2 Å². The number of carbonyl (C=O) groups is 2. The third-order valence-corrected chi connectivity index (χ3v) is 2.87. The molecule has 1 aliphatic rings. The molecule has 0 bridgehead atoms. The summed E-state index contributed by atoms with van der Waals surface area (Å²) in [7, 11) is 0. The maximum atomic E-state index is 11.9. The minimum absolute atomic E-state index is 0.124. The van der Waals surface area contributed by atoms with Gasteiger partial charge >= 0.3 is 0 Å². The summed E-state index contributed by atoms with van der Waals surface area (Å²) in [5, 5.41) is 12.3. The van der Waals surface area contributed by atoms with Crippen LogP contribution < -0.4 is 5.32 Å². The van der Waals surface area contributed by atoms with Crippen LogP contribution in [-0.4, -0.2) is 59.8 Å². The lowest BCUT2D eigenvalue weighted by atomic mass is 10.1. The molecule has 6 heteroatoms. The Morgan fingerprint density at radius 1 is 1.50 bits per heavy atom. The van der Waals surface area contributed by atoms with Crippen molar-refractivity contribution in [2.75, 3.05) is 26.3 Å². The summed E-state index contributed by atoms with van der Waals surface area (Å²) < 4.78 is 5.23. The van der Waals surface area contributed by atoms with Crippen LogP contribution in [0.5, 0.6) is 0 Å². The normalized spacial score (nSPS) is 20.7. The Morgan fingerprint density at radius 3 is 2.72 bits per heavy atom. The first-order valence-electron chi connectivity index (χ1n) is 6.16. The molecule has 2 N–H and O–H groups in total. The van der Waals surface area contributed by atoms with Gasteiger partial charge in [0.2, 0.25) is 11.8 Å². The summed E-state index contributed by atoms with van der Waals surface area (Å²) >= 11 is 0. The van der Waals surface area contributed by atoms with E-state index >= 15 is 0 Å². The molecule has 0 aliphatic carbocycles. The van der Waals surface area contributed by atoms with Gasteiger partial charge in [-0.2, -0.15) is 0 Å². The van der Waals surface area contributed by atoms with Crippen molar-refractivity contribution in [2.45, 2.75) is 38.8 Å². The van der Waals surface area contributed by atoms with Crippen molar-refractivity contribution in [3.8, 4) is 0 Å². The van der Waals surface area contributed by atoms with Crippen LogP contribution in [0.2, 0.25) is 0 Å². The minimum Gasteiger partial charge on any atom is -0.390 e. The molecule has 0 aromatic rings. The van der Waals surface area contributed by atoms with Gasteiger partial charge in [-0.3, -0.25) is 9.59 Å². The zero-order valence-corrected chi connectivity index (χ0v) is 11.2. The second kappa shape index (κ2) is 6.15. The van der Waals surface area contributed by atoms with Gasteiger partial charge in [-0.15, -0.1) is 0 Å². The Balaban J connectivity index is 2.46. The third-order valence-electron chi connectivity index (χ3n) is 2.87. The van der Waals surface area contributed by atoms with E-state index in [2.05, 4.69) is 5.32 Å². The van der Waals surface area contributed by atoms with Gasteiger partial charge in [0.1, 0.15) is 6.04 Å². The van der Waals surface area contributed by atoms with E-state index < -0.39 is 11.6 Å². The van der Waals surface area contributed by atoms with Crippen molar-refractivity contribution in [3.63, 3.8) is 0 Å². The predicted molar refractivity (Wildman–Crippen MR) is 65.9 cm³/mol. The first kappa shape index (κ1) is 14.9. The first-order chi connectivity index (χ1) is 8.31. The van der Waals surface area contributed by atoms with Crippen LogP contribution in [0.15, 0.2) is 0 Å². The topological polar surface area (TPSA) is 78.9 Å². The SMILES string of the molecule is CC(=O)N1CCOCC1C(=O)NCCC(C)(C)O. The molecule has 0 saturated carbocycles. The van der Waals surface area contributed by atoms with Gasteiger partial charge in [0.25, 0.3) is 0 Å². The van der Waals surface area contributed by atoms with Crippen LogP contribution >= 0.6 is 0 Å². The van der Waals surface area contributed by atoms with Crippen molar-refractivity contribution in [3.05, 3.63) is 0 Å².